The van der Waals surface area contributed by atoms with Crippen LogP contribution in [0.15, 0.2) is 29.4 Å². The van der Waals surface area contributed by atoms with E-state index in [0.29, 0.717) is 0 Å². The van der Waals surface area contributed by atoms with Gasteiger partial charge in [-0.25, -0.2) is 0 Å². The number of rotatable bonds is 2. The molecule has 0 unspecified atom stereocenters. The van der Waals surface area contributed by atoms with Gasteiger partial charge in [-0.2, -0.15) is 0 Å². The minimum atomic E-state index is -0.169. The van der Waals surface area contributed by atoms with Gasteiger partial charge in [-0.15, -0.1) is 0 Å². The molecular formula is C22H26O3. The molecule has 0 spiro atoms. The van der Waals surface area contributed by atoms with Crippen molar-refractivity contribution < 1.29 is 14.3 Å². The van der Waals surface area contributed by atoms with E-state index in [2.05, 4.69) is 32.1 Å². The molecule has 3 heteroatoms. The standard InChI is InChI=1S/C22H26O3/c1-13-15-5-6-18-17(16(15)7-9-20(13)24-4)11-12-22(3)19(18)8-10-21(22)25-14(2)23/h7-9,21H,5-6,10-12H2,1-4H3/t21-,22-/m0/s1. The smallest absolute Gasteiger partial charge is 0.302 e. The number of benzene rings is 1. The highest BCUT2D eigenvalue weighted by Crippen LogP contribution is 2.56. The Labute approximate surface area is 149 Å². The second kappa shape index (κ2) is 5.76. The number of fused-ring (bicyclic) bond motifs is 4. The van der Waals surface area contributed by atoms with Crippen molar-refractivity contribution in [1.82, 2.24) is 0 Å². The molecule has 0 heterocycles. The molecule has 0 amide bonds. The molecule has 3 aliphatic carbocycles. The zero-order valence-corrected chi connectivity index (χ0v) is 15.6. The van der Waals surface area contributed by atoms with Gasteiger partial charge in [0.25, 0.3) is 0 Å². The summed E-state index contributed by atoms with van der Waals surface area (Å²) < 4.78 is 11.2. The molecule has 132 valence electrons. The first kappa shape index (κ1) is 16.4. The van der Waals surface area contributed by atoms with E-state index >= 15 is 0 Å². The monoisotopic (exact) mass is 338 g/mol. The van der Waals surface area contributed by atoms with Crippen molar-refractivity contribution in [2.45, 2.75) is 59.0 Å². The maximum Gasteiger partial charge on any atom is 0.302 e. The average Bonchev–Trinajstić information content (AvgIpc) is 2.91. The molecule has 0 aromatic heterocycles. The van der Waals surface area contributed by atoms with E-state index in [0.717, 1.165) is 37.9 Å². The lowest BCUT2D eigenvalue weighted by Crippen LogP contribution is -2.36. The van der Waals surface area contributed by atoms with Crippen LogP contribution in [0.2, 0.25) is 0 Å². The summed E-state index contributed by atoms with van der Waals surface area (Å²) >= 11 is 0. The normalized spacial score (nSPS) is 27.2. The van der Waals surface area contributed by atoms with E-state index in [1.54, 1.807) is 7.11 Å². The number of methoxy groups -OCH3 is 1. The number of carbonyl (C=O) groups is 1. The van der Waals surface area contributed by atoms with E-state index in [9.17, 15) is 4.79 Å². The van der Waals surface area contributed by atoms with Gasteiger partial charge in [0, 0.05) is 18.8 Å². The zero-order valence-electron chi connectivity index (χ0n) is 15.6. The first-order valence-corrected chi connectivity index (χ1v) is 9.23. The lowest BCUT2D eigenvalue weighted by atomic mass is 9.64. The van der Waals surface area contributed by atoms with E-state index < -0.39 is 0 Å². The summed E-state index contributed by atoms with van der Waals surface area (Å²) in [7, 11) is 1.74. The van der Waals surface area contributed by atoms with Gasteiger partial charge in [-0.3, -0.25) is 4.79 Å². The minimum absolute atomic E-state index is 0.00643. The Morgan fingerprint density at radius 1 is 1.20 bits per heavy atom. The first-order valence-electron chi connectivity index (χ1n) is 9.23. The second-order valence-electron chi connectivity index (χ2n) is 7.75. The fourth-order valence-corrected chi connectivity index (χ4v) is 5.13. The molecule has 1 aromatic carbocycles. The predicted molar refractivity (Wildman–Crippen MR) is 98.6 cm³/mol. The molecule has 0 bridgehead atoms. The number of esters is 1. The number of allylic oxidation sites excluding steroid dienone is 2. The molecule has 4 rings (SSSR count). The fraction of sp³-hybridized carbons (Fsp3) is 0.500. The van der Waals surface area contributed by atoms with Crippen LogP contribution in [0.1, 0.15) is 56.2 Å². The van der Waals surface area contributed by atoms with E-state index in [4.69, 9.17) is 9.47 Å². The van der Waals surface area contributed by atoms with Crippen molar-refractivity contribution in [2.24, 2.45) is 5.41 Å². The molecule has 0 aliphatic heterocycles. The van der Waals surface area contributed by atoms with E-state index in [-0.39, 0.29) is 17.5 Å². The van der Waals surface area contributed by atoms with Crippen molar-refractivity contribution in [1.29, 1.82) is 0 Å². The van der Waals surface area contributed by atoms with E-state index in [1.807, 2.05) is 0 Å². The first-order chi connectivity index (χ1) is 12.0. The highest BCUT2D eigenvalue weighted by Gasteiger charge is 2.47. The van der Waals surface area contributed by atoms with Crippen molar-refractivity contribution in [3.63, 3.8) is 0 Å². The van der Waals surface area contributed by atoms with Crippen molar-refractivity contribution >= 4 is 11.5 Å². The molecule has 0 N–H and O–H groups in total. The van der Waals surface area contributed by atoms with Crippen LogP contribution in [0.25, 0.3) is 5.57 Å². The van der Waals surface area contributed by atoms with Crippen LogP contribution < -0.4 is 4.74 Å². The number of hydrogen-bond donors (Lipinski definition) is 0. The molecule has 25 heavy (non-hydrogen) atoms. The largest absolute Gasteiger partial charge is 0.496 e. The van der Waals surface area contributed by atoms with Crippen LogP contribution >= 0.6 is 0 Å². The van der Waals surface area contributed by atoms with Gasteiger partial charge in [0.05, 0.1) is 7.11 Å². The van der Waals surface area contributed by atoms with Crippen molar-refractivity contribution in [2.75, 3.05) is 7.11 Å². The Hall–Kier alpha value is -2.03. The van der Waals surface area contributed by atoms with Crippen LogP contribution in [0.4, 0.5) is 0 Å². The van der Waals surface area contributed by atoms with Gasteiger partial charge in [0.2, 0.25) is 0 Å². The molecule has 2 atom stereocenters. The summed E-state index contributed by atoms with van der Waals surface area (Å²) in [6, 6.07) is 4.33. The van der Waals surface area contributed by atoms with Gasteiger partial charge in [-0.05, 0) is 72.1 Å². The van der Waals surface area contributed by atoms with Crippen LogP contribution in [-0.2, 0) is 16.0 Å². The van der Waals surface area contributed by atoms with E-state index in [1.165, 1.54) is 40.3 Å². The van der Waals surface area contributed by atoms with Crippen molar-refractivity contribution in [3.05, 3.63) is 46.0 Å². The summed E-state index contributed by atoms with van der Waals surface area (Å²) in [4.78, 5) is 11.5. The van der Waals surface area contributed by atoms with Gasteiger partial charge < -0.3 is 9.47 Å². The topological polar surface area (TPSA) is 35.5 Å². The summed E-state index contributed by atoms with van der Waals surface area (Å²) in [5.41, 5.74) is 8.52. The Bertz CT molecular complexity index is 815. The molecule has 0 saturated carbocycles. The molecule has 0 fully saturated rings. The van der Waals surface area contributed by atoms with Gasteiger partial charge in [0.15, 0.2) is 0 Å². The lowest BCUT2D eigenvalue weighted by molar-refractivity contribution is -0.150. The van der Waals surface area contributed by atoms with Crippen molar-refractivity contribution in [3.8, 4) is 5.75 Å². The second-order valence-corrected chi connectivity index (χ2v) is 7.75. The maximum atomic E-state index is 11.5. The number of ether oxygens (including phenoxy) is 2. The Kier molecular flexibility index (Phi) is 3.78. The number of carbonyl (C=O) groups excluding carboxylic acids is 1. The SMILES string of the molecule is COc1ccc2c(c1C)CCC1=C2CC[C@@]2(C)C1=CC[C@@H]2OC(C)=O. The predicted octanol–water partition coefficient (Wildman–Crippen LogP) is 4.77. The molecule has 1 aromatic rings. The third kappa shape index (κ3) is 2.36. The van der Waals surface area contributed by atoms with Crippen LogP contribution in [0.3, 0.4) is 0 Å². The average molecular weight is 338 g/mol. The highest BCUT2D eigenvalue weighted by molar-refractivity contribution is 5.80. The minimum Gasteiger partial charge on any atom is -0.496 e. The van der Waals surface area contributed by atoms with Gasteiger partial charge in [0.1, 0.15) is 11.9 Å². The highest BCUT2D eigenvalue weighted by atomic mass is 16.5. The van der Waals surface area contributed by atoms with Crippen LogP contribution in [0.5, 0.6) is 5.75 Å². The number of hydrogen-bond acceptors (Lipinski definition) is 3. The zero-order chi connectivity index (χ0) is 17.8. The molecule has 3 aliphatic rings. The Balaban J connectivity index is 1.76. The molecule has 0 radical (unpaired) electrons. The maximum absolute atomic E-state index is 11.5. The van der Waals surface area contributed by atoms with Gasteiger partial charge >= 0.3 is 5.97 Å². The third-order valence-corrected chi connectivity index (χ3v) is 6.47. The lowest BCUT2D eigenvalue weighted by Gasteiger charge is -2.42. The summed E-state index contributed by atoms with van der Waals surface area (Å²) in [5.74, 6) is 0.816. The van der Waals surface area contributed by atoms with Crippen LogP contribution in [0, 0.1) is 12.3 Å². The Morgan fingerprint density at radius 2 is 2.00 bits per heavy atom. The van der Waals surface area contributed by atoms with Gasteiger partial charge in [-0.1, -0.05) is 19.1 Å². The Morgan fingerprint density at radius 3 is 2.72 bits per heavy atom. The molecule has 0 saturated heterocycles. The quantitative estimate of drug-likeness (QED) is 0.729. The molecular weight excluding hydrogens is 312 g/mol. The summed E-state index contributed by atoms with van der Waals surface area (Å²) in [5, 5.41) is 0. The summed E-state index contributed by atoms with van der Waals surface area (Å²) in [6.45, 7) is 5.96. The fourth-order valence-electron chi connectivity index (χ4n) is 5.13. The molecule has 3 nitrogen and oxygen atoms in total. The van der Waals surface area contributed by atoms with Crippen LogP contribution in [-0.4, -0.2) is 19.2 Å². The third-order valence-electron chi connectivity index (χ3n) is 6.47. The summed E-state index contributed by atoms with van der Waals surface area (Å²) in [6.07, 6.45) is 7.39.